The van der Waals surface area contributed by atoms with Crippen LogP contribution in [0.15, 0.2) is 34.8 Å². The van der Waals surface area contributed by atoms with Crippen molar-refractivity contribution in [1.29, 1.82) is 0 Å². The van der Waals surface area contributed by atoms with Crippen LogP contribution in [0.4, 0.5) is 0 Å². The van der Waals surface area contributed by atoms with E-state index in [1.165, 1.54) is 11.3 Å². The van der Waals surface area contributed by atoms with Gasteiger partial charge in [-0.05, 0) is 31.4 Å². The number of hydrogen-bond donors (Lipinski definition) is 0. The van der Waals surface area contributed by atoms with Gasteiger partial charge in [0.25, 0.3) is 5.56 Å². The van der Waals surface area contributed by atoms with Crippen molar-refractivity contribution in [2.24, 2.45) is 0 Å². The molecule has 0 radical (unpaired) electrons. The van der Waals surface area contributed by atoms with Gasteiger partial charge in [0, 0.05) is 12.2 Å². The van der Waals surface area contributed by atoms with Crippen LogP contribution >= 0.6 is 11.3 Å². The van der Waals surface area contributed by atoms with Crippen LogP contribution in [0.5, 0.6) is 0 Å². The number of thiophene rings is 1. The molecular weight excluding hydrogens is 260 g/mol. The Bertz CT molecular complexity index is 768. The molecule has 5 nitrogen and oxygen atoms in total. The van der Waals surface area contributed by atoms with Crippen molar-refractivity contribution < 1.29 is 0 Å². The van der Waals surface area contributed by atoms with E-state index in [2.05, 4.69) is 23.9 Å². The molecule has 0 aliphatic heterocycles. The second-order valence-electron chi connectivity index (χ2n) is 4.69. The highest BCUT2D eigenvalue weighted by Crippen LogP contribution is 2.13. The predicted molar refractivity (Wildman–Crippen MR) is 75.6 cm³/mol. The number of fused-ring (bicyclic) bond motifs is 1. The molecule has 0 bridgehead atoms. The van der Waals surface area contributed by atoms with Crippen LogP contribution in [0.25, 0.3) is 10.2 Å². The molecule has 0 amide bonds. The second kappa shape index (κ2) is 4.62. The molecule has 0 fully saturated rings. The molecule has 0 atom stereocenters. The first-order valence-corrected chi connectivity index (χ1v) is 7.00. The van der Waals surface area contributed by atoms with Crippen LogP contribution in [0, 0.1) is 0 Å². The molecule has 3 rings (SSSR count). The molecule has 3 aromatic heterocycles. The van der Waals surface area contributed by atoms with E-state index in [1.807, 2.05) is 28.4 Å². The third kappa shape index (κ3) is 2.19. The maximum Gasteiger partial charge on any atom is 0.271 e. The molecule has 0 aliphatic rings. The first-order valence-electron chi connectivity index (χ1n) is 6.12. The zero-order valence-electron chi connectivity index (χ0n) is 10.8. The van der Waals surface area contributed by atoms with E-state index in [-0.39, 0.29) is 5.56 Å². The molecule has 0 spiro atoms. The monoisotopic (exact) mass is 274 g/mol. The van der Waals surface area contributed by atoms with Crippen molar-refractivity contribution in [3.8, 4) is 0 Å². The van der Waals surface area contributed by atoms with Gasteiger partial charge in [-0.1, -0.05) is 0 Å². The zero-order valence-corrected chi connectivity index (χ0v) is 11.6. The number of rotatable bonds is 3. The lowest BCUT2D eigenvalue weighted by molar-refractivity contribution is 0.523. The summed E-state index contributed by atoms with van der Waals surface area (Å²) in [7, 11) is 0. The second-order valence-corrected chi connectivity index (χ2v) is 5.61. The molecular formula is C13H14N4OS. The highest BCUT2D eigenvalue weighted by atomic mass is 32.1. The zero-order chi connectivity index (χ0) is 13.4. The van der Waals surface area contributed by atoms with Crippen molar-refractivity contribution in [3.63, 3.8) is 0 Å². The van der Waals surface area contributed by atoms with Crippen LogP contribution in [-0.4, -0.2) is 19.3 Å². The van der Waals surface area contributed by atoms with Crippen LogP contribution in [0.1, 0.15) is 25.6 Å². The van der Waals surface area contributed by atoms with E-state index in [4.69, 9.17) is 0 Å². The fourth-order valence-corrected chi connectivity index (χ4v) is 2.71. The van der Waals surface area contributed by atoms with Gasteiger partial charge in [0.15, 0.2) is 0 Å². The lowest BCUT2D eigenvalue weighted by Crippen LogP contribution is -2.20. The Morgan fingerprint density at radius 3 is 2.95 bits per heavy atom. The fourth-order valence-electron chi connectivity index (χ4n) is 1.92. The molecule has 19 heavy (non-hydrogen) atoms. The Kier molecular flexibility index (Phi) is 2.94. The van der Waals surface area contributed by atoms with Gasteiger partial charge < -0.3 is 0 Å². The minimum Gasteiger partial charge on any atom is -0.292 e. The van der Waals surface area contributed by atoms with Crippen LogP contribution < -0.4 is 5.56 Å². The average molecular weight is 274 g/mol. The molecule has 0 aliphatic carbocycles. The average Bonchev–Trinajstić information content (AvgIpc) is 3.01. The quantitative estimate of drug-likeness (QED) is 0.736. The van der Waals surface area contributed by atoms with Gasteiger partial charge in [0.2, 0.25) is 0 Å². The first kappa shape index (κ1) is 12.1. The van der Waals surface area contributed by atoms with Gasteiger partial charge in [-0.25, -0.2) is 4.98 Å². The van der Waals surface area contributed by atoms with Crippen LogP contribution in [0.2, 0.25) is 0 Å². The van der Waals surface area contributed by atoms with Crippen LogP contribution in [-0.2, 0) is 6.54 Å². The Hall–Kier alpha value is -1.95. The number of aromatic nitrogens is 4. The predicted octanol–water partition coefficient (Wildman–Crippen LogP) is 2.28. The Balaban J connectivity index is 1.96. The van der Waals surface area contributed by atoms with E-state index in [0.29, 0.717) is 17.3 Å². The summed E-state index contributed by atoms with van der Waals surface area (Å²) in [6.45, 7) is 4.60. The highest BCUT2D eigenvalue weighted by Gasteiger charge is 2.07. The molecule has 3 heterocycles. The largest absolute Gasteiger partial charge is 0.292 e. The van der Waals surface area contributed by atoms with Gasteiger partial charge >= 0.3 is 0 Å². The summed E-state index contributed by atoms with van der Waals surface area (Å²) in [5.41, 5.74) is 1.63. The number of hydrogen-bond acceptors (Lipinski definition) is 4. The highest BCUT2D eigenvalue weighted by molar-refractivity contribution is 7.17. The molecule has 0 aromatic carbocycles. The smallest absolute Gasteiger partial charge is 0.271 e. The normalized spacial score (nSPS) is 11.5. The van der Waals surface area contributed by atoms with Gasteiger partial charge in [-0.15, -0.1) is 11.3 Å². The Morgan fingerprint density at radius 1 is 1.37 bits per heavy atom. The first-order chi connectivity index (χ1) is 9.15. The molecule has 98 valence electrons. The lowest BCUT2D eigenvalue weighted by atomic mass is 10.4. The maximum absolute atomic E-state index is 12.2. The fraction of sp³-hybridized carbons (Fsp3) is 0.308. The summed E-state index contributed by atoms with van der Waals surface area (Å²) in [6.07, 6.45) is 3.52. The van der Waals surface area contributed by atoms with E-state index in [1.54, 1.807) is 10.9 Å². The molecule has 6 heteroatoms. The molecule has 0 unspecified atom stereocenters. The standard InChI is InChI=1S/C13H14N4OS/c1-9(2)17-5-3-10(15-17)7-16-8-14-11-4-6-19-12(11)13(16)18/h3-6,8-9H,7H2,1-2H3. The summed E-state index contributed by atoms with van der Waals surface area (Å²) in [5, 5.41) is 6.33. The minimum absolute atomic E-state index is 0.000836. The maximum atomic E-state index is 12.2. The topological polar surface area (TPSA) is 52.7 Å². The summed E-state index contributed by atoms with van der Waals surface area (Å²) < 4.78 is 4.19. The van der Waals surface area contributed by atoms with Crippen molar-refractivity contribution in [3.05, 3.63) is 46.1 Å². The van der Waals surface area contributed by atoms with Gasteiger partial charge in [0.1, 0.15) is 4.70 Å². The van der Waals surface area contributed by atoms with Crippen molar-refractivity contribution >= 4 is 21.6 Å². The van der Waals surface area contributed by atoms with E-state index in [9.17, 15) is 4.79 Å². The van der Waals surface area contributed by atoms with Crippen molar-refractivity contribution in [2.45, 2.75) is 26.4 Å². The minimum atomic E-state index is -0.000836. The van der Waals surface area contributed by atoms with E-state index >= 15 is 0 Å². The molecule has 3 aromatic rings. The summed E-state index contributed by atoms with van der Waals surface area (Å²) in [5.74, 6) is 0. The van der Waals surface area contributed by atoms with Crippen molar-refractivity contribution in [2.75, 3.05) is 0 Å². The molecule has 0 saturated carbocycles. The third-order valence-corrected chi connectivity index (χ3v) is 3.85. The Morgan fingerprint density at radius 2 is 2.21 bits per heavy atom. The Labute approximate surface area is 114 Å². The summed E-state index contributed by atoms with van der Waals surface area (Å²) in [4.78, 5) is 16.5. The van der Waals surface area contributed by atoms with E-state index < -0.39 is 0 Å². The van der Waals surface area contributed by atoms with Crippen LogP contribution in [0.3, 0.4) is 0 Å². The summed E-state index contributed by atoms with van der Waals surface area (Å²) >= 11 is 1.43. The van der Waals surface area contributed by atoms with E-state index in [0.717, 1.165) is 11.2 Å². The lowest BCUT2D eigenvalue weighted by Gasteiger charge is -2.05. The van der Waals surface area contributed by atoms with Crippen molar-refractivity contribution in [1.82, 2.24) is 19.3 Å². The molecule has 0 N–H and O–H groups in total. The third-order valence-electron chi connectivity index (χ3n) is 2.96. The van der Waals surface area contributed by atoms with Gasteiger partial charge in [-0.2, -0.15) is 5.10 Å². The SMILES string of the molecule is CC(C)n1ccc(Cn2cnc3ccsc3c2=O)n1. The molecule has 0 saturated heterocycles. The summed E-state index contributed by atoms with van der Waals surface area (Å²) in [6, 6.07) is 4.12. The van der Waals surface area contributed by atoms with Gasteiger partial charge in [-0.3, -0.25) is 14.0 Å². The number of nitrogens with zero attached hydrogens (tertiary/aromatic N) is 4. The van der Waals surface area contributed by atoms with Gasteiger partial charge in [0.05, 0.1) is 24.1 Å².